The molecule has 2 aromatic rings. The highest BCUT2D eigenvalue weighted by Crippen LogP contribution is 2.25. The Morgan fingerprint density at radius 3 is 3.06 bits per heavy atom. The fraction of sp³-hybridized carbons (Fsp3) is 0.250. The van der Waals surface area contributed by atoms with Crippen molar-refractivity contribution in [2.75, 3.05) is 7.11 Å². The number of phenols is 1. The van der Waals surface area contributed by atoms with E-state index < -0.39 is 0 Å². The lowest BCUT2D eigenvalue weighted by Gasteiger charge is -1.99. The topological polar surface area (TPSA) is 55.5 Å². The maximum Gasteiger partial charge on any atom is 0.162 e. The molecule has 0 radical (unpaired) electrons. The maximum atomic E-state index is 9.32. The SMILES string of the molecule is COCc1cc(CSc2cccc(O)c2)no1. The molecule has 0 atom stereocenters. The van der Waals surface area contributed by atoms with Gasteiger partial charge in [0.25, 0.3) is 0 Å². The molecule has 0 bridgehead atoms. The second-order valence-electron chi connectivity index (χ2n) is 3.50. The van der Waals surface area contributed by atoms with Crippen molar-refractivity contribution < 1.29 is 14.4 Å². The highest BCUT2D eigenvalue weighted by molar-refractivity contribution is 7.98. The number of hydrogen-bond acceptors (Lipinski definition) is 5. The third kappa shape index (κ3) is 3.51. The van der Waals surface area contributed by atoms with Gasteiger partial charge in [0.05, 0.1) is 5.69 Å². The Morgan fingerprint density at radius 2 is 2.29 bits per heavy atom. The Labute approximate surface area is 104 Å². The standard InChI is InChI=1S/C12H13NO3S/c1-15-7-11-5-9(13-16-11)8-17-12-4-2-3-10(14)6-12/h2-6,14H,7-8H2,1H3. The summed E-state index contributed by atoms with van der Waals surface area (Å²) in [5.74, 6) is 1.70. The molecule has 1 N–H and O–H groups in total. The van der Waals surface area contributed by atoms with Crippen LogP contribution in [0.3, 0.4) is 0 Å². The van der Waals surface area contributed by atoms with Gasteiger partial charge >= 0.3 is 0 Å². The number of rotatable bonds is 5. The number of aromatic nitrogens is 1. The molecular weight excluding hydrogens is 238 g/mol. The van der Waals surface area contributed by atoms with Crippen LogP contribution in [0.5, 0.6) is 5.75 Å². The van der Waals surface area contributed by atoms with Gasteiger partial charge in [-0.25, -0.2) is 0 Å². The van der Waals surface area contributed by atoms with Crippen LogP contribution in [0.4, 0.5) is 0 Å². The van der Waals surface area contributed by atoms with Crippen LogP contribution >= 0.6 is 11.8 Å². The number of benzene rings is 1. The lowest BCUT2D eigenvalue weighted by Crippen LogP contribution is -1.82. The minimum Gasteiger partial charge on any atom is -0.508 e. The molecule has 1 aromatic carbocycles. The summed E-state index contributed by atoms with van der Waals surface area (Å²) in [6.07, 6.45) is 0. The van der Waals surface area contributed by atoms with Gasteiger partial charge in [-0.1, -0.05) is 11.2 Å². The van der Waals surface area contributed by atoms with Gasteiger partial charge in [0.1, 0.15) is 12.4 Å². The van der Waals surface area contributed by atoms with Crippen molar-refractivity contribution >= 4 is 11.8 Å². The third-order valence-corrected chi connectivity index (χ3v) is 3.13. The second kappa shape index (κ2) is 5.75. The van der Waals surface area contributed by atoms with Gasteiger partial charge in [-0.05, 0) is 18.2 Å². The number of aromatic hydroxyl groups is 1. The fourth-order valence-corrected chi connectivity index (χ4v) is 2.19. The highest BCUT2D eigenvalue weighted by atomic mass is 32.2. The predicted octanol–water partition coefficient (Wildman–Crippen LogP) is 2.82. The van der Waals surface area contributed by atoms with Crippen LogP contribution in [0.2, 0.25) is 0 Å². The first kappa shape index (κ1) is 12.0. The quantitative estimate of drug-likeness (QED) is 0.828. The molecule has 0 fully saturated rings. The summed E-state index contributed by atoms with van der Waals surface area (Å²) in [5.41, 5.74) is 0.866. The van der Waals surface area contributed by atoms with Gasteiger partial charge in [0, 0.05) is 23.8 Å². The summed E-state index contributed by atoms with van der Waals surface area (Å²) in [4.78, 5) is 1.00. The van der Waals surface area contributed by atoms with Crippen LogP contribution in [-0.2, 0) is 17.1 Å². The molecule has 90 valence electrons. The molecule has 0 spiro atoms. The molecule has 4 nitrogen and oxygen atoms in total. The number of phenolic OH excluding ortho intramolecular Hbond substituents is 1. The molecule has 1 aromatic heterocycles. The summed E-state index contributed by atoms with van der Waals surface area (Å²) >= 11 is 1.60. The van der Waals surface area contributed by atoms with Crippen LogP contribution in [0, 0.1) is 0 Å². The van der Waals surface area contributed by atoms with Crippen molar-refractivity contribution in [3.63, 3.8) is 0 Å². The number of thioether (sulfide) groups is 1. The molecule has 0 unspecified atom stereocenters. The van der Waals surface area contributed by atoms with Crippen molar-refractivity contribution in [2.45, 2.75) is 17.3 Å². The molecule has 1 heterocycles. The van der Waals surface area contributed by atoms with E-state index in [9.17, 15) is 5.11 Å². The monoisotopic (exact) mass is 251 g/mol. The van der Waals surface area contributed by atoms with Crippen LogP contribution in [0.1, 0.15) is 11.5 Å². The van der Waals surface area contributed by atoms with Gasteiger partial charge in [0.2, 0.25) is 0 Å². The van der Waals surface area contributed by atoms with E-state index in [1.54, 1.807) is 31.0 Å². The van der Waals surface area contributed by atoms with Crippen LogP contribution in [0.15, 0.2) is 39.8 Å². The molecule has 5 heteroatoms. The van der Waals surface area contributed by atoms with Crippen molar-refractivity contribution in [2.24, 2.45) is 0 Å². The first-order valence-electron chi connectivity index (χ1n) is 5.13. The largest absolute Gasteiger partial charge is 0.508 e. The Bertz CT molecular complexity index is 484. The Hall–Kier alpha value is -1.46. The number of methoxy groups -OCH3 is 1. The number of hydrogen-bond donors (Lipinski definition) is 1. The zero-order chi connectivity index (χ0) is 12.1. The van der Waals surface area contributed by atoms with Gasteiger partial charge in [-0.2, -0.15) is 0 Å². The number of nitrogens with zero attached hydrogens (tertiary/aromatic N) is 1. The first-order chi connectivity index (χ1) is 8.28. The lowest BCUT2D eigenvalue weighted by atomic mass is 10.3. The van der Waals surface area contributed by atoms with E-state index in [0.717, 1.165) is 16.3 Å². The predicted molar refractivity (Wildman–Crippen MR) is 64.9 cm³/mol. The van der Waals surface area contributed by atoms with Gasteiger partial charge in [-0.15, -0.1) is 11.8 Å². The summed E-state index contributed by atoms with van der Waals surface area (Å²) < 4.78 is 10.0. The molecule has 0 aliphatic rings. The fourth-order valence-electron chi connectivity index (χ4n) is 1.36. The van der Waals surface area contributed by atoms with E-state index in [1.165, 1.54) is 0 Å². The average Bonchev–Trinajstić information content (AvgIpc) is 2.75. The van der Waals surface area contributed by atoms with E-state index in [4.69, 9.17) is 9.26 Å². The van der Waals surface area contributed by atoms with Crippen LogP contribution in [-0.4, -0.2) is 17.4 Å². The smallest absolute Gasteiger partial charge is 0.162 e. The van der Waals surface area contributed by atoms with E-state index in [0.29, 0.717) is 12.4 Å². The van der Waals surface area contributed by atoms with Gasteiger partial charge in [-0.3, -0.25) is 0 Å². The summed E-state index contributed by atoms with van der Waals surface area (Å²) in [6, 6.07) is 9.01. The molecular formula is C12H13NO3S. The van der Waals surface area contributed by atoms with Gasteiger partial charge < -0.3 is 14.4 Å². The first-order valence-corrected chi connectivity index (χ1v) is 6.12. The molecule has 0 saturated carbocycles. The molecule has 2 rings (SSSR count). The zero-order valence-corrected chi connectivity index (χ0v) is 10.2. The lowest BCUT2D eigenvalue weighted by molar-refractivity contribution is 0.156. The zero-order valence-electron chi connectivity index (χ0n) is 9.42. The van der Waals surface area contributed by atoms with Crippen molar-refractivity contribution in [3.8, 4) is 5.75 Å². The van der Waals surface area contributed by atoms with E-state index >= 15 is 0 Å². The van der Waals surface area contributed by atoms with E-state index in [1.807, 2.05) is 18.2 Å². The molecule has 17 heavy (non-hydrogen) atoms. The molecule has 0 aliphatic heterocycles. The minimum absolute atomic E-state index is 0.273. The Kier molecular flexibility index (Phi) is 4.06. The average molecular weight is 251 g/mol. The highest BCUT2D eigenvalue weighted by Gasteiger charge is 2.04. The Balaban J connectivity index is 1.93. The molecule has 0 saturated heterocycles. The van der Waals surface area contributed by atoms with Crippen LogP contribution < -0.4 is 0 Å². The minimum atomic E-state index is 0.273. The van der Waals surface area contributed by atoms with E-state index in [2.05, 4.69) is 5.16 Å². The number of ether oxygens (including phenoxy) is 1. The van der Waals surface area contributed by atoms with Crippen molar-refractivity contribution in [1.82, 2.24) is 5.16 Å². The van der Waals surface area contributed by atoms with E-state index in [-0.39, 0.29) is 5.75 Å². The van der Waals surface area contributed by atoms with Crippen molar-refractivity contribution in [3.05, 3.63) is 41.8 Å². The Morgan fingerprint density at radius 1 is 1.41 bits per heavy atom. The summed E-state index contributed by atoms with van der Waals surface area (Å²) in [5, 5.41) is 13.3. The third-order valence-electron chi connectivity index (χ3n) is 2.10. The second-order valence-corrected chi connectivity index (χ2v) is 4.55. The van der Waals surface area contributed by atoms with Crippen molar-refractivity contribution in [1.29, 1.82) is 0 Å². The molecule has 0 amide bonds. The van der Waals surface area contributed by atoms with Crippen LogP contribution in [0.25, 0.3) is 0 Å². The normalized spacial score (nSPS) is 10.6. The summed E-state index contributed by atoms with van der Waals surface area (Å²) in [6.45, 7) is 0.434. The molecule has 0 aliphatic carbocycles. The maximum absolute atomic E-state index is 9.32. The van der Waals surface area contributed by atoms with Gasteiger partial charge in [0.15, 0.2) is 5.76 Å². The summed E-state index contributed by atoms with van der Waals surface area (Å²) in [7, 11) is 1.61.